The van der Waals surface area contributed by atoms with E-state index in [1.165, 1.54) is 0 Å². The number of aromatic nitrogens is 4. The highest BCUT2D eigenvalue weighted by atomic mass is 32.2. The molecule has 0 atom stereocenters. The number of benzene rings is 2. The van der Waals surface area contributed by atoms with E-state index in [0.717, 1.165) is 22.3 Å². The number of sulfonamides is 1. The van der Waals surface area contributed by atoms with Gasteiger partial charge in [-0.15, -0.1) is 10.2 Å². The van der Waals surface area contributed by atoms with Crippen molar-refractivity contribution in [3.63, 3.8) is 0 Å². The van der Waals surface area contributed by atoms with Crippen LogP contribution in [0.1, 0.15) is 5.69 Å². The number of aryl methyl sites for hydroxylation is 1. The molecular formula is C22H22N6O2S. The molecule has 0 bridgehead atoms. The summed E-state index contributed by atoms with van der Waals surface area (Å²) in [5.74, 6) is 1.38. The summed E-state index contributed by atoms with van der Waals surface area (Å²) >= 11 is 0. The van der Waals surface area contributed by atoms with Gasteiger partial charge in [0.05, 0.1) is 10.6 Å². The first-order valence-corrected chi connectivity index (χ1v) is 11.5. The monoisotopic (exact) mass is 434 g/mol. The standard InChI is InChI=1S/C22H22N6O2S/c1-17-10-11-28(25-17)22-9-8-21(23-24-22)26-12-14-27(15-13-26)31(29,30)20-7-6-18-4-2-3-5-19(18)16-20/h2-11,16H,12-15H2,1H3. The number of anilines is 1. The summed E-state index contributed by atoms with van der Waals surface area (Å²) in [6.45, 7) is 3.83. The van der Waals surface area contributed by atoms with Crippen molar-refractivity contribution in [2.75, 3.05) is 31.1 Å². The summed E-state index contributed by atoms with van der Waals surface area (Å²) in [5.41, 5.74) is 0.912. The van der Waals surface area contributed by atoms with Crippen molar-refractivity contribution < 1.29 is 8.42 Å². The Morgan fingerprint density at radius 2 is 1.52 bits per heavy atom. The number of piperazine rings is 1. The molecular weight excluding hydrogens is 412 g/mol. The summed E-state index contributed by atoms with van der Waals surface area (Å²) < 4.78 is 29.5. The molecule has 8 nitrogen and oxygen atoms in total. The van der Waals surface area contributed by atoms with Crippen LogP contribution in [0.4, 0.5) is 5.82 Å². The van der Waals surface area contributed by atoms with Crippen molar-refractivity contribution in [1.82, 2.24) is 24.3 Å². The van der Waals surface area contributed by atoms with Crippen molar-refractivity contribution >= 4 is 26.6 Å². The van der Waals surface area contributed by atoms with Crippen LogP contribution >= 0.6 is 0 Å². The predicted molar refractivity (Wildman–Crippen MR) is 119 cm³/mol. The maximum absolute atomic E-state index is 13.1. The van der Waals surface area contributed by atoms with Crippen LogP contribution in [0.2, 0.25) is 0 Å². The van der Waals surface area contributed by atoms with E-state index in [1.807, 2.05) is 61.7 Å². The molecule has 1 saturated heterocycles. The number of hydrogen-bond acceptors (Lipinski definition) is 6. The van der Waals surface area contributed by atoms with E-state index in [9.17, 15) is 8.42 Å². The Labute approximate surface area is 180 Å². The van der Waals surface area contributed by atoms with Crippen LogP contribution in [0, 0.1) is 6.92 Å². The lowest BCUT2D eigenvalue weighted by Crippen LogP contribution is -2.49. The lowest BCUT2D eigenvalue weighted by atomic mass is 10.1. The summed E-state index contributed by atoms with van der Waals surface area (Å²) in [7, 11) is -3.54. The second-order valence-corrected chi connectivity index (χ2v) is 9.49. The molecule has 1 fully saturated rings. The van der Waals surface area contributed by atoms with Gasteiger partial charge in [0.1, 0.15) is 0 Å². The highest BCUT2D eigenvalue weighted by Gasteiger charge is 2.29. The van der Waals surface area contributed by atoms with Gasteiger partial charge in [0, 0.05) is 32.4 Å². The van der Waals surface area contributed by atoms with Crippen LogP contribution in [0.25, 0.3) is 16.6 Å². The fraction of sp³-hybridized carbons (Fsp3) is 0.227. The molecule has 0 radical (unpaired) electrons. The summed E-state index contributed by atoms with van der Waals surface area (Å²) in [6.07, 6.45) is 1.84. The first-order chi connectivity index (χ1) is 15.0. The molecule has 1 aliphatic rings. The molecule has 2 aromatic carbocycles. The minimum absolute atomic E-state index is 0.332. The Morgan fingerprint density at radius 1 is 0.806 bits per heavy atom. The Morgan fingerprint density at radius 3 is 2.19 bits per heavy atom. The largest absolute Gasteiger partial charge is 0.352 e. The summed E-state index contributed by atoms with van der Waals surface area (Å²) in [5, 5.41) is 14.9. The van der Waals surface area contributed by atoms with Gasteiger partial charge in [0.2, 0.25) is 10.0 Å². The molecule has 2 aromatic heterocycles. The molecule has 9 heteroatoms. The van der Waals surface area contributed by atoms with Crippen molar-refractivity contribution in [1.29, 1.82) is 0 Å². The first kappa shape index (κ1) is 19.7. The lowest BCUT2D eigenvalue weighted by molar-refractivity contribution is 0.383. The number of fused-ring (bicyclic) bond motifs is 1. The van der Waals surface area contributed by atoms with Gasteiger partial charge in [-0.1, -0.05) is 30.3 Å². The van der Waals surface area contributed by atoms with Crippen LogP contribution in [-0.2, 0) is 10.0 Å². The minimum atomic E-state index is -3.54. The topological polar surface area (TPSA) is 84.2 Å². The van der Waals surface area contributed by atoms with Crippen LogP contribution in [0.15, 0.2) is 71.8 Å². The molecule has 0 N–H and O–H groups in total. The second kappa shape index (κ2) is 7.75. The van der Waals surface area contributed by atoms with E-state index in [2.05, 4.69) is 20.2 Å². The van der Waals surface area contributed by atoms with Gasteiger partial charge in [-0.2, -0.15) is 9.40 Å². The molecule has 3 heterocycles. The van der Waals surface area contributed by atoms with E-state index < -0.39 is 10.0 Å². The fourth-order valence-corrected chi connectivity index (χ4v) is 5.24. The summed E-state index contributed by atoms with van der Waals surface area (Å²) in [6, 6.07) is 18.7. The highest BCUT2D eigenvalue weighted by Crippen LogP contribution is 2.24. The van der Waals surface area contributed by atoms with Crippen molar-refractivity contribution in [2.24, 2.45) is 0 Å². The van der Waals surface area contributed by atoms with Gasteiger partial charge in [-0.3, -0.25) is 0 Å². The third-order valence-corrected chi connectivity index (χ3v) is 7.41. The zero-order valence-corrected chi connectivity index (χ0v) is 17.9. The number of nitrogens with zero attached hydrogens (tertiary/aromatic N) is 6. The molecule has 1 aliphatic heterocycles. The Balaban J connectivity index is 1.29. The maximum Gasteiger partial charge on any atom is 0.243 e. The molecule has 0 saturated carbocycles. The van der Waals surface area contributed by atoms with Crippen molar-refractivity contribution in [3.05, 3.63) is 72.6 Å². The molecule has 0 amide bonds. The van der Waals surface area contributed by atoms with Gasteiger partial charge in [-0.25, -0.2) is 13.1 Å². The van der Waals surface area contributed by atoms with Crippen LogP contribution < -0.4 is 4.90 Å². The molecule has 31 heavy (non-hydrogen) atoms. The first-order valence-electron chi connectivity index (χ1n) is 10.1. The van der Waals surface area contributed by atoms with E-state index in [4.69, 9.17) is 0 Å². The van der Waals surface area contributed by atoms with E-state index in [0.29, 0.717) is 36.9 Å². The number of rotatable bonds is 4. The summed E-state index contributed by atoms with van der Waals surface area (Å²) in [4.78, 5) is 2.38. The quantitative estimate of drug-likeness (QED) is 0.491. The van der Waals surface area contributed by atoms with Gasteiger partial charge >= 0.3 is 0 Å². The second-order valence-electron chi connectivity index (χ2n) is 7.55. The molecule has 0 spiro atoms. The molecule has 158 valence electrons. The normalized spacial score (nSPS) is 15.5. The smallest absolute Gasteiger partial charge is 0.243 e. The van der Waals surface area contributed by atoms with Gasteiger partial charge < -0.3 is 4.90 Å². The predicted octanol–water partition coefficient (Wildman–Crippen LogP) is 2.63. The number of hydrogen-bond donors (Lipinski definition) is 0. The van der Waals surface area contributed by atoms with Crippen LogP contribution in [0.5, 0.6) is 0 Å². The maximum atomic E-state index is 13.1. The zero-order valence-electron chi connectivity index (χ0n) is 17.1. The average Bonchev–Trinajstić information content (AvgIpc) is 3.25. The molecule has 0 aliphatic carbocycles. The third-order valence-electron chi connectivity index (χ3n) is 5.51. The van der Waals surface area contributed by atoms with Gasteiger partial charge in [-0.05, 0) is 48.0 Å². The minimum Gasteiger partial charge on any atom is -0.352 e. The van der Waals surface area contributed by atoms with E-state index >= 15 is 0 Å². The van der Waals surface area contributed by atoms with Crippen LogP contribution in [-0.4, -0.2) is 58.9 Å². The Bertz CT molecular complexity index is 1330. The molecule has 5 rings (SSSR count). The lowest BCUT2D eigenvalue weighted by Gasteiger charge is -2.34. The van der Waals surface area contributed by atoms with E-state index in [1.54, 1.807) is 21.1 Å². The Hall–Kier alpha value is -3.30. The van der Waals surface area contributed by atoms with Crippen molar-refractivity contribution in [2.45, 2.75) is 11.8 Å². The van der Waals surface area contributed by atoms with Gasteiger partial charge in [0.25, 0.3) is 0 Å². The average molecular weight is 435 g/mol. The Kier molecular flexibility index (Phi) is 4.91. The highest BCUT2D eigenvalue weighted by molar-refractivity contribution is 7.89. The molecule has 4 aromatic rings. The van der Waals surface area contributed by atoms with Gasteiger partial charge in [0.15, 0.2) is 11.6 Å². The van der Waals surface area contributed by atoms with E-state index in [-0.39, 0.29) is 0 Å². The van der Waals surface area contributed by atoms with Crippen LogP contribution in [0.3, 0.4) is 0 Å². The fourth-order valence-electron chi connectivity index (χ4n) is 3.79. The zero-order chi connectivity index (χ0) is 21.4. The molecule has 0 unspecified atom stereocenters. The third kappa shape index (κ3) is 3.77. The van der Waals surface area contributed by atoms with Crippen molar-refractivity contribution in [3.8, 4) is 5.82 Å². The SMILES string of the molecule is Cc1ccn(-c2ccc(N3CCN(S(=O)(=O)c4ccc5ccccc5c4)CC3)nn2)n1.